The minimum absolute atomic E-state index is 0.783. The van der Waals surface area contributed by atoms with Gasteiger partial charge in [0.05, 0.1) is 11.1 Å². The van der Waals surface area contributed by atoms with Crippen LogP contribution >= 0.6 is 31.9 Å². The van der Waals surface area contributed by atoms with Crippen molar-refractivity contribution in [2.45, 2.75) is 19.8 Å². The van der Waals surface area contributed by atoms with Gasteiger partial charge in [0, 0.05) is 4.47 Å². The first kappa shape index (κ1) is 11.1. The summed E-state index contributed by atoms with van der Waals surface area (Å²) in [5.41, 5.74) is 0. The number of unbranched alkanes of at least 4 members (excludes halogenated alkanes) is 1. The number of hydrogen-bond donors (Lipinski definition) is 0. The van der Waals surface area contributed by atoms with Crippen molar-refractivity contribution in [3.63, 3.8) is 0 Å². The average Bonchev–Trinajstić information content (AvgIpc) is 2.11. The molecule has 0 N–H and O–H groups in total. The third-order valence-corrected chi connectivity index (χ3v) is 2.80. The van der Waals surface area contributed by atoms with E-state index in [9.17, 15) is 0 Å². The lowest BCUT2D eigenvalue weighted by Gasteiger charge is -2.07. The van der Waals surface area contributed by atoms with E-state index >= 15 is 0 Å². The zero-order valence-corrected chi connectivity index (χ0v) is 10.7. The Morgan fingerprint density at radius 3 is 2.77 bits per heavy atom. The summed E-state index contributed by atoms with van der Waals surface area (Å²) in [6.07, 6.45) is 2.25. The molecule has 0 aromatic heterocycles. The van der Waals surface area contributed by atoms with Crippen LogP contribution in [0.4, 0.5) is 0 Å². The molecule has 0 bridgehead atoms. The predicted octanol–water partition coefficient (Wildman–Crippen LogP) is 4.39. The van der Waals surface area contributed by atoms with E-state index in [1.807, 2.05) is 18.2 Å². The largest absolute Gasteiger partial charge is 0.492 e. The van der Waals surface area contributed by atoms with E-state index in [2.05, 4.69) is 38.8 Å². The maximum absolute atomic E-state index is 5.58. The molecular weight excluding hydrogens is 296 g/mol. The Bertz CT molecular complexity index is 274. The maximum Gasteiger partial charge on any atom is 0.134 e. The monoisotopic (exact) mass is 306 g/mol. The van der Waals surface area contributed by atoms with Crippen molar-refractivity contribution in [2.75, 3.05) is 6.61 Å². The molecule has 0 radical (unpaired) electrons. The summed E-state index contributed by atoms with van der Waals surface area (Å²) in [7, 11) is 0. The molecular formula is C10H12Br2O. The average molecular weight is 308 g/mol. The highest BCUT2D eigenvalue weighted by Crippen LogP contribution is 2.28. The van der Waals surface area contributed by atoms with Gasteiger partial charge in [-0.3, -0.25) is 0 Å². The summed E-state index contributed by atoms with van der Waals surface area (Å²) in [5.74, 6) is 0.905. The number of rotatable bonds is 4. The van der Waals surface area contributed by atoms with Crippen molar-refractivity contribution in [2.24, 2.45) is 0 Å². The third kappa shape index (κ3) is 3.69. The smallest absolute Gasteiger partial charge is 0.134 e. The zero-order chi connectivity index (χ0) is 9.68. The Morgan fingerprint density at radius 2 is 2.08 bits per heavy atom. The van der Waals surface area contributed by atoms with E-state index in [-0.39, 0.29) is 0 Å². The molecule has 0 amide bonds. The molecule has 0 fully saturated rings. The molecule has 0 saturated carbocycles. The van der Waals surface area contributed by atoms with E-state index in [4.69, 9.17) is 4.74 Å². The summed E-state index contributed by atoms with van der Waals surface area (Å²) in [6.45, 7) is 2.94. The summed E-state index contributed by atoms with van der Waals surface area (Å²) in [5, 5.41) is 0. The summed E-state index contributed by atoms with van der Waals surface area (Å²) in [4.78, 5) is 0. The zero-order valence-electron chi connectivity index (χ0n) is 7.52. The van der Waals surface area contributed by atoms with Crippen molar-refractivity contribution in [1.29, 1.82) is 0 Å². The minimum Gasteiger partial charge on any atom is -0.492 e. The Balaban J connectivity index is 2.59. The molecule has 1 aromatic carbocycles. The Hall–Kier alpha value is -0.0200. The number of ether oxygens (including phenoxy) is 1. The van der Waals surface area contributed by atoms with Gasteiger partial charge in [0.2, 0.25) is 0 Å². The topological polar surface area (TPSA) is 9.23 Å². The molecule has 0 atom stereocenters. The van der Waals surface area contributed by atoms with Crippen LogP contribution in [0, 0.1) is 0 Å². The van der Waals surface area contributed by atoms with Crippen molar-refractivity contribution in [3.8, 4) is 5.75 Å². The highest BCUT2D eigenvalue weighted by Gasteiger charge is 2.00. The molecule has 0 aliphatic carbocycles. The lowest BCUT2D eigenvalue weighted by molar-refractivity contribution is 0.307. The molecule has 1 aromatic rings. The third-order valence-electron chi connectivity index (χ3n) is 1.65. The van der Waals surface area contributed by atoms with E-state index < -0.39 is 0 Å². The molecule has 1 rings (SSSR count). The highest BCUT2D eigenvalue weighted by atomic mass is 79.9. The van der Waals surface area contributed by atoms with E-state index in [0.29, 0.717) is 0 Å². The summed E-state index contributed by atoms with van der Waals surface area (Å²) in [6, 6.07) is 5.93. The van der Waals surface area contributed by atoms with Crippen molar-refractivity contribution < 1.29 is 4.74 Å². The molecule has 72 valence electrons. The Labute approximate surface area is 95.7 Å². The SMILES string of the molecule is CCCCOc1cc(Br)ccc1Br. The maximum atomic E-state index is 5.58. The summed E-state index contributed by atoms with van der Waals surface area (Å²) >= 11 is 6.84. The van der Waals surface area contributed by atoms with Gasteiger partial charge in [-0.1, -0.05) is 29.3 Å². The standard InChI is InChI=1S/C10H12Br2O/c1-2-3-6-13-10-7-8(11)4-5-9(10)12/h4-5,7H,2-3,6H2,1H3. The molecule has 0 saturated heterocycles. The van der Waals surface area contributed by atoms with Gasteiger partial charge in [0.15, 0.2) is 0 Å². The van der Waals surface area contributed by atoms with E-state index in [1.54, 1.807) is 0 Å². The Kier molecular flexibility index (Phi) is 4.81. The summed E-state index contributed by atoms with van der Waals surface area (Å²) < 4.78 is 7.63. The minimum atomic E-state index is 0.783. The molecule has 0 aliphatic heterocycles. The van der Waals surface area contributed by atoms with Crippen LogP contribution in [-0.2, 0) is 0 Å². The molecule has 1 nitrogen and oxygen atoms in total. The molecule has 3 heteroatoms. The first-order chi connectivity index (χ1) is 6.24. The molecule has 0 aliphatic rings. The van der Waals surface area contributed by atoms with Gasteiger partial charge in [-0.15, -0.1) is 0 Å². The molecule has 0 spiro atoms. The van der Waals surface area contributed by atoms with Crippen LogP contribution in [0.5, 0.6) is 5.75 Å². The fraction of sp³-hybridized carbons (Fsp3) is 0.400. The van der Waals surface area contributed by atoms with Crippen LogP contribution in [-0.4, -0.2) is 6.61 Å². The lowest BCUT2D eigenvalue weighted by atomic mass is 10.3. The van der Waals surface area contributed by atoms with Crippen LogP contribution in [0.1, 0.15) is 19.8 Å². The predicted molar refractivity (Wildman–Crippen MR) is 62.2 cm³/mol. The lowest BCUT2D eigenvalue weighted by Crippen LogP contribution is -1.96. The second kappa shape index (κ2) is 5.66. The van der Waals surface area contributed by atoms with Crippen LogP contribution in [0.2, 0.25) is 0 Å². The first-order valence-corrected chi connectivity index (χ1v) is 5.90. The van der Waals surface area contributed by atoms with Gasteiger partial charge in [0.25, 0.3) is 0 Å². The van der Waals surface area contributed by atoms with Crippen LogP contribution in [0.3, 0.4) is 0 Å². The van der Waals surface area contributed by atoms with Crippen LogP contribution in [0.25, 0.3) is 0 Å². The van der Waals surface area contributed by atoms with E-state index in [0.717, 1.165) is 34.1 Å². The number of hydrogen-bond acceptors (Lipinski definition) is 1. The fourth-order valence-electron chi connectivity index (χ4n) is 0.914. The number of benzene rings is 1. The van der Waals surface area contributed by atoms with Gasteiger partial charge in [-0.25, -0.2) is 0 Å². The normalized spacial score (nSPS) is 10.1. The van der Waals surface area contributed by atoms with Gasteiger partial charge in [0.1, 0.15) is 5.75 Å². The number of halogens is 2. The van der Waals surface area contributed by atoms with E-state index in [1.165, 1.54) is 0 Å². The van der Waals surface area contributed by atoms with Crippen LogP contribution in [0.15, 0.2) is 27.1 Å². The quantitative estimate of drug-likeness (QED) is 0.750. The van der Waals surface area contributed by atoms with Gasteiger partial charge >= 0.3 is 0 Å². The molecule has 13 heavy (non-hydrogen) atoms. The fourth-order valence-corrected chi connectivity index (χ4v) is 1.62. The van der Waals surface area contributed by atoms with Crippen LogP contribution < -0.4 is 4.74 Å². The van der Waals surface area contributed by atoms with Gasteiger partial charge in [-0.05, 0) is 40.5 Å². The van der Waals surface area contributed by atoms with Gasteiger partial charge < -0.3 is 4.74 Å². The van der Waals surface area contributed by atoms with Crippen molar-refractivity contribution in [1.82, 2.24) is 0 Å². The Morgan fingerprint density at radius 1 is 1.31 bits per heavy atom. The second-order valence-corrected chi connectivity index (χ2v) is 4.55. The highest BCUT2D eigenvalue weighted by molar-refractivity contribution is 9.11. The molecule has 0 heterocycles. The first-order valence-electron chi connectivity index (χ1n) is 4.32. The van der Waals surface area contributed by atoms with Crippen molar-refractivity contribution in [3.05, 3.63) is 27.1 Å². The van der Waals surface area contributed by atoms with Gasteiger partial charge in [-0.2, -0.15) is 0 Å². The second-order valence-electron chi connectivity index (χ2n) is 2.78. The molecule has 0 unspecified atom stereocenters. The van der Waals surface area contributed by atoms with Crippen molar-refractivity contribution >= 4 is 31.9 Å².